The van der Waals surface area contributed by atoms with E-state index in [0.29, 0.717) is 23.3 Å². The van der Waals surface area contributed by atoms with Gasteiger partial charge in [0.1, 0.15) is 12.6 Å². The molecule has 1 unspecified atom stereocenters. The van der Waals surface area contributed by atoms with E-state index >= 15 is 0 Å². The lowest BCUT2D eigenvalue weighted by molar-refractivity contribution is -0.138. The molecule has 3 aromatic carbocycles. The van der Waals surface area contributed by atoms with Crippen LogP contribution in [0.3, 0.4) is 0 Å². The molecular formula is C30H34F3N3O4S. The summed E-state index contributed by atoms with van der Waals surface area (Å²) < 4.78 is 68.7. The summed E-state index contributed by atoms with van der Waals surface area (Å²) in [7, 11) is -4.46. The summed E-state index contributed by atoms with van der Waals surface area (Å²) >= 11 is 0. The second kappa shape index (κ2) is 14.2. The van der Waals surface area contributed by atoms with Crippen LogP contribution in [0.4, 0.5) is 18.9 Å². The number of anilines is 1. The van der Waals surface area contributed by atoms with Crippen molar-refractivity contribution < 1.29 is 31.2 Å². The molecule has 0 aliphatic carbocycles. The predicted molar refractivity (Wildman–Crippen MR) is 152 cm³/mol. The van der Waals surface area contributed by atoms with Crippen molar-refractivity contribution in [1.29, 1.82) is 0 Å². The number of hydrogen-bond acceptors (Lipinski definition) is 4. The first-order valence-corrected chi connectivity index (χ1v) is 14.7. The van der Waals surface area contributed by atoms with Crippen LogP contribution in [0.15, 0.2) is 89.8 Å². The molecule has 0 fully saturated rings. The molecule has 2 amide bonds. The number of alkyl halides is 3. The van der Waals surface area contributed by atoms with Crippen LogP contribution in [0.2, 0.25) is 0 Å². The van der Waals surface area contributed by atoms with Gasteiger partial charge in [0, 0.05) is 13.1 Å². The average molecular weight is 590 g/mol. The molecule has 0 aliphatic rings. The highest BCUT2D eigenvalue weighted by molar-refractivity contribution is 7.92. The molecule has 0 heterocycles. The maximum atomic E-state index is 13.8. The lowest BCUT2D eigenvalue weighted by Gasteiger charge is -2.32. The molecule has 0 spiro atoms. The monoisotopic (exact) mass is 589 g/mol. The topological polar surface area (TPSA) is 86.8 Å². The average Bonchev–Trinajstić information content (AvgIpc) is 2.96. The minimum atomic E-state index is -4.73. The first-order chi connectivity index (χ1) is 19.4. The van der Waals surface area contributed by atoms with Crippen molar-refractivity contribution in [3.63, 3.8) is 0 Å². The van der Waals surface area contributed by atoms with Crippen molar-refractivity contribution in [2.45, 2.75) is 50.2 Å². The van der Waals surface area contributed by atoms with E-state index in [1.54, 1.807) is 13.0 Å². The Morgan fingerprint density at radius 3 is 2.17 bits per heavy atom. The summed E-state index contributed by atoms with van der Waals surface area (Å²) in [6, 6.07) is 19.3. The Morgan fingerprint density at radius 2 is 1.56 bits per heavy atom. The van der Waals surface area contributed by atoms with Gasteiger partial charge in [-0.2, -0.15) is 13.2 Å². The zero-order valence-corrected chi connectivity index (χ0v) is 23.8. The third-order valence-corrected chi connectivity index (χ3v) is 8.34. The summed E-state index contributed by atoms with van der Waals surface area (Å²) in [6.07, 6.45) is -2.74. The number of halogens is 3. The Bertz CT molecular complexity index is 1400. The van der Waals surface area contributed by atoms with Crippen LogP contribution in [0.1, 0.15) is 37.8 Å². The quantitative estimate of drug-likeness (QED) is 0.275. The van der Waals surface area contributed by atoms with Crippen LogP contribution in [0.5, 0.6) is 0 Å². The van der Waals surface area contributed by atoms with E-state index in [-0.39, 0.29) is 17.1 Å². The fourth-order valence-corrected chi connectivity index (χ4v) is 5.62. The fourth-order valence-electron chi connectivity index (χ4n) is 4.19. The number of nitrogens with one attached hydrogen (secondary N) is 1. The first kappa shape index (κ1) is 31.7. The van der Waals surface area contributed by atoms with Gasteiger partial charge in [-0.25, -0.2) is 8.42 Å². The Balaban J connectivity index is 2.00. The maximum Gasteiger partial charge on any atom is 0.416 e. The zero-order valence-electron chi connectivity index (χ0n) is 23.0. The van der Waals surface area contributed by atoms with E-state index in [1.165, 1.54) is 35.2 Å². The lowest BCUT2D eigenvalue weighted by Crippen LogP contribution is -2.52. The number of amides is 2. The number of rotatable bonds is 13. The third kappa shape index (κ3) is 8.56. The van der Waals surface area contributed by atoms with Crippen molar-refractivity contribution in [2.75, 3.05) is 23.9 Å². The molecular weight excluding hydrogens is 555 g/mol. The second-order valence-corrected chi connectivity index (χ2v) is 11.4. The van der Waals surface area contributed by atoms with Gasteiger partial charge < -0.3 is 10.2 Å². The number of unbranched alkanes of at least 4 members (excludes halogenated alkanes) is 1. The van der Waals surface area contributed by atoms with E-state index in [2.05, 4.69) is 5.32 Å². The van der Waals surface area contributed by atoms with Crippen LogP contribution in [0.25, 0.3) is 0 Å². The van der Waals surface area contributed by atoms with Crippen LogP contribution in [-0.2, 0) is 32.2 Å². The standard InChI is InChI=1S/C30H34F3N3O4S/c1-3-4-19-34-29(38)23(2)35(20-18-24-12-7-5-8-13-24)28(37)22-36(41(39,40)27-16-9-6-10-17-27)26-15-11-14-25(21-26)30(31,32)33/h5-17,21,23H,3-4,18-20,22H2,1-2H3,(H,34,38). The smallest absolute Gasteiger partial charge is 0.354 e. The first-order valence-electron chi connectivity index (χ1n) is 13.3. The highest BCUT2D eigenvalue weighted by Gasteiger charge is 2.35. The van der Waals surface area contributed by atoms with Gasteiger partial charge in [0.25, 0.3) is 10.0 Å². The fraction of sp³-hybridized carbons (Fsp3) is 0.333. The number of carbonyl (C=O) groups is 2. The summed E-state index contributed by atoms with van der Waals surface area (Å²) in [5.74, 6) is -1.13. The van der Waals surface area contributed by atoms with Crippen molar-refractivity contribution in [3.05, 3.63) is 96.1 Å². The number of nitrogens with zero attached hydrogens (tertiary/aromatic N) is 2. The molecule has 3 rings (SSSR count). The Labute approximate surface area is 239 Å². The van der Waals surface area contributed by atoms with Gasteiger partial charge in [-0.3, -0.25) is 13.9 Å². The molecule has 11 heteroatoms. The Hall–Kier alpha value is -3.86. The minimum Gasteiger partial charge on any atom is -0.354 e. The number of sulfonamides is 1. The van der Waals surface area contributed by atoms with Crippen molar-refractivity contribution in [3.8, 4) is 0 Å². The summed E-state index contributed by atoms with van der Waals surface area (Å²) in [4.78, 5) is 27.8. The predicted octanol–water partition coefficient (Wildman–Crippen LogP) is 5.28. The van der Waals surface area contributed by atoms with E-state index in [1.807, 2.05) is 37.3 Å². The molecule has 0 saturated carbocycles. The summed E-state index contributed by atoms with van der Waals surface area (Å²) in [6.45, 7) is 3.22. The summed E-state index contributed by atoms with van der Waals surface area (Å²) in [5, 5.41) is 2.79. The Morgan fingerprint density at radius 1 is 0.927 bits per heavy atom. The minimum absolute atomic E-state index is 0.0903. The van der Waals surface area contributed by atoms with Crippen molar-refractivity contribution in [2.24, 2.45) is 0 Å². The van der Waals surface area contributed by atoms with Gasteiger partial charge in [-0.05, 0) is 55.7 Å². The molecule has 41 heavy (non-hydrogen) atoms. The number of hydrogen-bond donors (Lipinski definition) is 1. The molecule has 0 radical (unpaired) electrons. The van der Waals surface area contributed by atoms with Crippen LogP contribution in [0, 0.1) is 0 Å². The second-order valence-electron chi connectivity index (χ2n) is 9.52. The van der Waals surface area contributed by atoms with Gasteiger partial charge in [-0.1, -0.05) is 67.9 Å². The van der Waals surface area contributed by atoms with Crippen LogP contribution in [-0.4, -0.2) is 50.8 Å². The molecule has 0 bridgehead atoms. The highest BCUT2D eigenvalue weighted by Crippen LogP contribution is 2.33. The van der Waals surface area contributed by atoms with Gasteiger partial charge in [0.15, 0.2) is 0 Å². The van der Waals surface area contributed by atoms with Crippen molar-refractivity contribution >= 4 is 27.5 Å². The number of benzene rings is 3. The number of carbonyl (C=O) groups excluding carboxylic acids is 2. The van der Waals surface area contributed by atoms with Gasteiger partial charge in [0.05, 0.1) is 16.1 Å². The molecule has 7 nitrogen and oxygen atoms in total. The molecule has 220 valence electrons. The van der Waals surface area contributed by atoms with Gasteiger partial charge in [-0.15, -0.1) is 0 Å². The molecule has 0 saturated heterocycles. The van der Waals surface area contributed by atoms with E-state index < -0.39 is 46.2 Å². The highest BCUT2D eigenvalue weighted by atomic mass is 32.2. The summed E-state index contributed by atoms with van der Waals surface area (Å²) in [5.41, 5.74) is -0.476. The molecule has 1 atom stereocenters. The third-order valence-electron chi connectivity index (χ3n) is 6.55. The molecule has 1 N–H and O–H groups in total. The lowest BCUT2D eigenvalue weighted by atomic mass is 10.1. The van der Waals surface area contributed by atoms with Crippen LogP contribution >= 0.6 is 0 Å². The SMILES string of the molecule is CCCCNC(=O)C(C)N(CCc1ccccc1)C(=O)CN(c1cccc(C(F)(F)F)c1)S(=O)(=O)c1ccccc1. The largest absolute Gasteiger partial charge is 0.416 e. The van der Waals surface area contributed by atoms with Gasteiger partial charge in [0.2, 0.25) is 11.8 Å². The van der Waals surface area contributed by atoms with E-state index in [4.69, 9.17) is 0 Å². The molecule has 0 aliphatic heterocycles. The Kier molecular flexibility index (Phi) is 10.9. The van der Waals surface area contributed by atoms with E-state index in [0.717, 1.165) is 30.5 Å². The molecule has 3 aromatic rings. The normalized spacial score (nSPS) is 12.4. The van der Waals surface area contributed by atoms with Gasteiger partial charge >= 0.3 is 6.18 Å². The maximum absolute atomic E-state index is 13.8. The van der Waals surface area contributed by atoms with E-state index in [9.17, 15) is 31.2 Å². The molecule has 0 aromatic heterocycles. The van der Waals surface area contributed by atoms with Crippen LogP contribution < -0.4 is 9.62 Å². The van der Waals surface area contributed by atoms with Crippen molar-refractivity contribution in [1.82, 2.24) is 10.2 Å². The zero-order chi connectivity index (χ0) is 30.0.